The Morgan fingerprint density at radius 3 is 2.47 bits per heavy atom. The molecule has 0 bridgehead atoms. The van der Waals surface area contributed by atoms with Gasteiger partial charge in [0.15, 0.2) is 0 Å². The maximum atomic E-state index is 9.06. The highest BCUT2D eigenvalue weighted by Gasteiger charge is 2.09. The monoisotopic (exact) mass is 381 g/mol. The largest absolute Gasteiger partial charge is 0.497 e. The normalized spacial score (nSPS) is 9.79. The molecule has 0 amide bonds. The second-order valence-electron chi connectivity index (χ2n) is 3.65. The lowest BCUT2D eigenvalue weighted by molar-refractivity contribution is 0.412. The average Bonchev–Trinajstić information content (AvgIpc) is 2.41. The van der Waals surface area contributed by atoms with Crippen molar-refractivity contribution in [1.29, 1.82) is 5.26 Å². The highest BCUT2D eigenvalue weighted by molar-refractivity contribution is 9.10. The van der Waals surface area contributed by atoms with E-state index in [4.69, 9.17) is 14.7 Å². The van der Waals surface area contributed by atoms with E-state index in [0.717, 1.165) is 14.7 Å². The summed E-state index contributed by atoms with van der Waals surface area (Å²) in [5, 5.41) is 9.06. The highest BCUT2D eigenvalue weighted by Crippen LogP contribution is 2.34. The molecule has 0 N–H and O–H groups in total. The zero-order valence-electron chi connectivity index (χ0n) is 9.98. The molecule has 0 saturated heterocycles. The van der Waals surface area contributed by atoms with Crippen molar-refractivity contribution < 1.29 is 9.47 Å². The lowest BCUT2D eigenvalue weighted by Gasteiger charge is -2.10. The predicted molar refractivity (Wildman–Crippen MR) is 79.6 cm³/mol. The van der Waals surface area contributed by atoms with Crippen LogP contribution >= 0.6 is 31.9 Å². The first kappa shape index (κ1) is 13.9. The van der Waals surface area contributed by atoms with Crippen molar-refractivity contribution in [1.82, 2.24) is 0 Å². The van der Waals surface area contributed by atoms with E-state index < -0.39 is 0 Å². The summed E-state index contributed by atoms with van der Waals surface area (Å²) >= 11 is 6.77. The third-order valence-electron chi connectivity index (χ3n) is 2.42. The topological polar surface area (TPSA) is 42.2 Å². The number of rotatable bonds is 3. The van der Waals surface area contributed by atoms with Gasteiger partial charge in [-0.05, 0) is 52.3 Å². The molecule has 2 aromatic rings. The second kappa shape index (κ2) is 6.09. The summed E-state index contributed by atoms with van der Waals surface area (Å²) in [6, 6.07) is 12.7. The molecule has 0 heterocycles. The minimum atomic E-state index is 0.478. The molecule has 0 radical (unpaired) electrons. The maximum absolute atomic E-state index is 9.06. The van der Waals surface area contributed by atoms with Gasteiger partial charge >= 0.3 is 0 Å². The molecule has 2 rings (SSSR count). The summed E-state index contributed by atoms with van der Waals surface area (Å²) in [6.45, 7) is 0. The van der Waals surface area contributed by atoms with Crippen molar-refractivity contribution in [3.63, 3.8) is 0 Å². The van der Waals surface area contributed by atoms with Crippen LogP contribution in [0.3, 0.4) is 0 Å². The van der Waals surface area contributed by atoms with Gasteiger partial charge in [0.25, 0.3) is 0 Å². The number of hydrogen-bond donors (Lipinski definition) is 0. The summed E-state index contributed by atoms with van der Waals surface area (Å²) in [6.07, 6.45) is 0. The predicted octanol–water partition coefficient (Wildman–Crippen LogP) is 4.88. The Kier molecular flexibility index (Phi) is 4.46. The summed E-state index contributed by atoms with van der Waals surface area (Å²) in [4.78, 5) is 0. The van der Waals surface area contributed by atoms with Crippen LogP contribution in [0.25, 0.3) is 0 Å². The number of nitriles is 1. The van der Waals surface area contributed by atoms with Crippen molar-refractivity contribution >= 4 is 31.9 Å². The number of benzene rings is 2. The van der Waals surface area contributed by atoms with Crippen LogP contribution in [0, 0.1) is 11.3 Å². The molecular weight excluding hydrogens is 374 g/mol. The van der Waals surface area contributed by atoms with E-state index in [-0.39, 0.29) is 0 Å². The first-order valence-corrected chi connectivity index (χ1v) is 6.93. The van der Waals surface area contributed by atoms with Gasteiger partial charge in [-0.2, -0.15) is 5.26 Å². The molecule has 0 spiro atoms. The van der Waals surface area contributed by atoms with Gasteiger partial charge in [-0.25, -0.2) is 0 Å². The van der Waals surface area contributed by atoms with Crippen LogP contribution in [-0.4, -0.2) is 7.11 Å². The molecule has 19 heavy (non-hydrogen) atoms. The average molecular weight is 383 g/mol. The fourth-order valence-corrected chi connectivity index (χ4v) is 2.26. The number of halogens is 2. The summed E-state index contributed by atoms with van der Waals surface area (Å²) in [5.74, 6) is 1.85. The first-order chi connectivity index (χ1) is 9.13. The van der Waals surface area contributed by atoms with Gasteiger partial charge < -0.3 is 9.47 Å². The van der Waals surface area contributed by atoms with Crippen molar-refractivity contribution in [3.05, 3.63) is 50.9 Å². The molecule has 0 atom stereocenters. The Morgan fingerprint density at radius 2 is 1.84 bits per heavy atom. The molecule has 2 aromatic carbocycles. The minimum Gasteiger partial charge on any atom is -0.497 e. The molecule has 96 valence electrons. The molecule has 0 aliphatic carbocycles. The zero-order chi connectivity index (χ0) is 13.8. The van der Waals surface area contributed by atoms with Gasteiger partial charge in [-0.1, -0.05) is 15.9 Å². The minimum absolute atomic E-state index is 0.478. The van der Waals surface area contributed by atoms with Crippen LogP contribution in [-0.2, 0) is 0 Å². The molecule has 0 unspecified atom stereocenters. The van der Waals surface area contributed by atoms with E-state index in [1.807, 2.05) is 0 Å². The fraction of sp³-hybridized carbons (Fsp3) is 0.0714. The molecule has 0 fully saturated rings. The Bertz CT molecular complexity index is 650. The van der Waals surface area contributed by atoms with Gasteiger partial charge in [0.05, 0.1) is 17.1 Å². The fourth-order valence-electron chi connectivity index (χ4n) is 1.48. The van der Waals surface area contributed by atoms with Crippen LogP contribution in [0.4, 0.5) is 0 Å². The van der Waals surface area contributed by atoms with Crippen LogP contribution in [0.15, 0.2) is 45.3 Å². The van der Waals surface area contributed by atoms with Gasteiger partial charge in [0.2, 0.25) is 0 Å². The van der Waals surface area contributed by atoms with E-state index in [0.29, 0.717) is 17.1 Å². The van der Waals surface area contributed by atoms with Gasteiger partial charge in [0, 0.05) is 4.47 Å². The van der Waals surface area contributed by atoms with Crippen molar-refractivity contribution in [2.24, 2.45) is 0 Å². The SMILES string of the molecule is COc1ccc(Oc2cc(Br)ccc2C#N)c(Br)c1. The van der Waals surface area contributed by atoms with Crippen LogP contribution in [0.2, 0.25) is 0 Å². The molecule has 0 saturated carbocycles. The zero-order valence-corrected chi connectivity index (χ0v) is 13.2. The van der Waals surface area contributed by atoms with Gasteiger partial charge in [-0.3, -0.25) is 0 Å². The van der Waals surface area contributed by atoms with Gasteiger partial charge in [0.1, 0.15) is 23.3 Å². The number of methoxy groups -OCH3 is 1. The van der Waals surface area contributed by atoms with E-state index in [1.54, 1.807) is 43.5 Å². The second-order valence-corrected chi connectivity index (χ2v) is 5.42. The van der Waals surface area contributed by atoms with E-state index >= 15 is 0 Å². The lowest BCUT2D eigenvalue weighted by Crippen LogP contribution is -1.90. The smallest absolute Gasteiger partial charge is 0.146 e. The number of nitrogens with zero attached hydrogens (tertiary/aromatic N) is 1. The first-order valence-electron chi connectivity index (χ1n) is 5.35. The maximum Gasteiger partial charge on any atom is 0.146 e. The Labute approximate surface area is 128 Å². The Balaban J connectivity index is 2.36. The Hall–Kier alpha value is -1.51. The van der Waals surface area contributed by atoms with E-state index in [9.17, 15) is 0 Å². The number of hydrogen-bond acceptors (Lipinski definition) is 3. The van der Waals surface area contributed by atoms with Crippen LogP contribution < -0.4 is 9.47 Å². The van der Waals surface area contributed by atoms with Crippen LogP contribution in [0.1, 0.15) is 5.56 Å². The Morgan fingerprint density at radius 1 is 1.05 bits per heavy atom. The van der Waals surface area contributed by atoms with Crippen molar-refractivity contribution in [2.45, 2.75) is 0 Å². The molecule has 0 aromatic heterocycles. The standard InChI is InChI=1S/C14H9Br2NO2/c1-18-11-4-5-13(12(16)7-11)19-14-6-10(15)3-2-9(14)8-17/h2-7H,1H3. The quantitative estimate of drug-likeness (QED) is 0.759. The third kappa shape index (κ3) is 3.28. The lowest BCUT2D eigenvalue weighted by atomic mass is 10.2. The summed E-state index contributed by atoms with van der Waals surface area (Å²) in [7, 11) is 1.60. The summed E-state index contributed by atoms with van der Waals surface area (Å²) in [5.41, 5.74) is 0.478. The van der Waals surface area contributed by atoms with Crippen LogP contribution in [0.5, 0.6) is 17.2 Å². The molecular formula is C14H9Br2NO2. The molecule has 0 aliphatic heterocycles. The summed E-state index contributed by atoms with van der Waals surface area (Å²) < 4.78 is 12.5. The third-order valence-corrected chi connectivity index (χ3v) is 3.54. The highest BCUT2D eigenvalue weighted by atomic mass is 79.9. The molecule has 5 heteroatoms. The van der Waals surface area contributed by atoms with Gasteiger partial charge in [-0.15, -0.1) is 0 Å². The van der Waals surface area contributed by atoms with E-state index in [1.165, 1.54) is 0 Å². The van der Waals surface area contributed by atoms with Crippen molar-refractivity contribution in [2.75, 3.05) is 7.11 Å². The number of ether oxygens (including phenoxy) is 2. The molecule has 0 aliphatic rings. The molecule has 3 nitrogen and oxygen atoms in total. The van der Waals surface area contributed by atoms with E-state index in [2.05, 4.69) is 37.9 Å². The van der Waals surface area contributed by atoms with Crippen molar-refractivity contribution in [3.8, 4) is 23.3 Å².